The van der Waals surface area contributed by atoms with Gasteiger partial charge in [-0.1, -0.05) is 56.3 Å². The van der Waals surface area contributed by atoms with Gasteiger partial charge in [0.25, 0.3) is 11.5 Å². The van der Waals surface area contributed by atoms with Crippen LogP contribution < -0.4 is 10.9 Å². The van der Waals surface area contributed by atoms with Crippen LogP contribution in [-0.4, -0.2) is 31.5 Å². The first kappa shape index (κ1) is 22.1. The summed E-state index contributed by atoms with van der Waals surface area (Å²) < 4.78 is 3.32. The molecule has 7 heteroatoms. The number of aromatic nitrogens is 3. The van der Waals surface area contributed by atoms with Gasteiger partial charge in [-0.2, -0.15) is 9.61 Å². The summed E-state index contributed by atoms with van der Waals surface area (Å²) in [5.74, 6) is 0.150. The third-order valence-corrected chi connectivity index (χ3v) is 6.64. The molecule has 7 nitrogen and oxygen atoms in total. The molecule has 174 valence electrons. The largest absolute Gasteiger partial charge is 0.332 e. The Morgan fingerprint density at radius 1 is 1.09 bits per heavy atom. The summed E-state index contributed by atoms with van der Waals surface area (Å²) in [7, 11) is 1.91. The van der Waals surface area contributed by atoms with E-state index < -0.39 is 0 Å². The number of carbonyl (C=O) groups is 1. The van der Waals surface area contributed by atoms with E-state index in [9.17, 15) is 9.59 Å². The SMILES string of the molecule is CC(C)c1ccc(NC(=O)c2cnn3c(=O)c4c(n(C)c23)CCN(Cc2ccccc2)C4)cc1. The van der Waals surface area contributed by atoms with Gasteiger partial charge in [0, 0.05) is 44.5 Å². The van der Waals surface area contributed by atoms with Gasteiger partial charge >= 0.3 is 0 Å². The summed E-state index contributed by atoms with van der Waals surface area (Å²) in [5.41, 5.74) is 5.63. The number of aryl methyl sites for hydroxylation is 1. The molecule has 2 aromatic carbocycles. The number of nitrogens with zero attached hydrogens (tertiary/aromatic N) is 4. The van der Waals surface area contributed by atoms with Crippen LogP contribution in [0.3, 0.4) is 0 Å². The minimum atomic E-state index is -0.274. The van der Waals surface area contributed by atoms with E-state index in [0.717, 1.165) is 30.8 Å². The highest BCUT2D eigenvalue weighted by atomic mass is 16.2. The third kappa shape index (κ3) is 4.03. The van der Waals surface area contributed by atoms with Crippen LogP contribution in [0, 0.1) is 0 Å². The van der Waals surface area contributed by atoms with Crippen molar-refractivity contribution >= 4 is 17.2 Å². The quantitative estimate of drug-likeness (QED) is 0.494. The van der Waals surface area contributed by atoms with Gasteiger partial charge in [0.15, 0.2) is 5.65 Å². The Morgan fingerprint density at radius 2 is 1.82 bits per heavy atom. The lowest BCUT2D eigenvalue weighted by molar-refractivity contribution is 0.102. The Kier molecular flexibility index (Phi) is 5.79. The van der Waals surface area contributed by atoms with Crippen LogP contribution >= 0.6 is 0 Å². The summed E-state index contributed by atoms with van der Waals surface area (Å²) >= 11 is 0. The Bertz CT molecular complexity index is 1400. The molecule has 1 aliphatic heterocycles. The number of hydrogen-bond acceptors (Lipinski definition) is 4. The molecule has 0 bridgehead atoms. The van der Waals surface area contributed by atoms with Crippen molar-refractivity contribution in [1.82, 2.24) is 19.1 Å². The zero-order valence-corrected chi connectivity index (χ0v) is 19.8. The molecule has 1 aliphatic rings. The third-order valence-electron chi connectivity index (χ3n) is 6.64. The first-order valence-electron chi connectivity index (χ1n) is 11.7. The summed E-state index contributed by atoms with van der Waals surface area (Å²) in [4.78, 5) is 28.7. The van der Waals surface area contributed by atoms with Crippen LogP contribution in [0.1, 0.15) is 52.5 Å². The van der Waals surface area contributed by atoms with E-state index in [4.69, 9.17) is 0 Å². The topological polar surface area (TPSA) is 71.6 Å². The fourth-order valence-corrected chi connectivity index (χ4v) is 4.73. The Morgan fingerprint density at radius 3 is 2.53 bits per heavy atom. The number of fused-ring (bicyclic) bond motifs is 2. The molecule has 1 N–H and O–H groups in total. The molecule has 0 unspecified atom stereocenters. The zero-order chi connectivity index (χ0) is 23.8. The second-order valence-electron chi connectivity index (χ2n) is 9.26. The van der Waals surface area contributed by atoms with Gasteiger partial charge in [0.05, 0.1) is 11.8 Å². The molecule has 0 aliphatic carbocycles. The monoisotopic (exact) mass is 455 g/mol. The first-order valence-corrected chi connectivity index (χ1v) is 11.7. The molecule has 0 saturated carbocycles. The van der Waals surface area contributed by atoms with Gasteiger partial charge in [-0.15, -0.1) is 0 Å². The first-order chi connectivity index (χ1) is 16.4. The van der Waals surface area contributed by atoms with Gasteiger partial charge in [-0.25, -0.2) is 0 Å². The van der Waals surface area contributed by atoms with Gasteiger partial charge in [0.1, 0.15) is 5.56 Å². The summed E-state index contributed by atoms with van der Waals surface area (Å²) in [5, 5.41) is 7.25. The van der Waals surface area contributed by atoms with Crippen molar-refractivity contribution in [1.29, 1.82) is 0 Å². The van der Waals surface area contributed by atoms with Crippen LogP contribution in [-0.2, 0) is 26.6 Å². The second kappa shape index (κ2) is 8.91. The van der Waals surface area contributed by atoms with E-state index in [1.54, 1.807) is 0 Å². The average Bonchev–Trinajstić information content (AvgIpc) is 3.29. The van der Waals surface area contributed by atoms with Crippen molar-refractivity contribution in [2.75, 3.05) is 11.9 Å². The Balaban J connectivity index is 1.44. The lowest BCUT2D eigenvalue weighted by Gasteiger charge is -2.29. The van der Waals surface area contributed by atoms with Crippen LogP contribution in [0.5, 0.6) is 0 Å². The zero-order valence-electron chi connectivity index (χ0n) is 19.8. The number of anilines is 1. The van der Waals surface area contributed by atoms with Crippen LogP contribution in [0.15, 0.2) is 65.6 Å². The summed E-state index contributed by atoms with van der Waals surface area (Å²) in [6, 6.07) is 18.1. The van der Waals surface area contributed by atoms with E-state index in [1.165, 1.54) is 21.8 Å². The second-order valence-corrected chi connectivity index (χ2v) is 9.26. The van der Waals surface area contributed by atoms with E-state index in [0.29, 0.717) is 29.4 Å². The van der Waals surface area contributed by atoms with E-state index >= 15 is 0 Å². The smallest absolute Gasteiger partial charge is 0.279 e. The molecule has 0 atom stereocenters. The van der Waals surface area contributed by atoms with E-state index in [-0.39, 0.29) is 11.5 Å². The normalized spacial score (nSPS) is 13.9. The van der Waals surface area contributed by atoms with Crippen molar-refractivity contribution in [3.05, 3.63) is 99.1 Å². The van der Waals surface area contributed by atoms with Crippen molar-refractivity contribution in [2.45, 2.75) is 39.3 Å². The number of nitrogens with one attached hydrogen (secondary N) is 1. The van der Waals surface area contributed by atoms with Crippen molar-refractivity contribution in [3.63, 3.8) is 0 Å². The molecule has 1 amide bonds. The number of benzene rings is 2. The van der Waals surface area contributed by atoms with E-state index in [1.807, 2.05) is 54.1 Å². The fourth-order valence-electron chi connectivity index (χ4n) is 4.73. The predicted octanol–water partition coefficient (Wildman–Crippen LogP) is 3.97. The fraction of sp³-hybridized carbons (Fsp3) is 0.296. The number of hydrogen-bond donors (Lipinski definition) is 1. The molecule has 4 aromatic rings. The van der Waals surface area contributed by atoms with Crippen molar-refractivity contribution in [2.24, 2.45) is 7.05 Å². The molecule has 2 aromatic heterocycles. The highest BCUT2D eigenvalue weighted by molar-refractivity contribution is 6.08. The summed E-state index contributed by atoms with van der Waals surface area (Å²) in [6.45, 7) is 6.48. The average molecular weight is 456 g/mol. The molecule has 0 fully saturated rings. The molecule has 5 rings (SSSR count). The number of amides is 1. The molecule has 0 spiro atoms. The Labute approximate surface area is 198 Å². The number of carbonyl (C=O) groups excluding carboxylic acids is 1. The molecule has 0 radical (unpaired) electrons. The minimum absolute atomic E-state index is 0.152. The molecule has 3 heterocycles. The standard InChI is InChI=1S/C27H29N5O2/c1-18(2)20-9-11-21(12-10-20)29-25(33)22-15-28-32-26(22)30(3)24-13-14-31(17-23(24)27(32)34)16-19-7-5-4-6-8-19/h4-12,15,18H,13-14,16-17H2,1-3H3,(H,29,33). The molecular formula is C27H29N5O2. The highest BCUT2D eigenvalue weighted by Gasteiger charge is 2.26. The molecular weight excluding hydrogens is 426 g/mol. The van der Waals surface area contributed by atoms with Gasteiger partial charge < -0.3 is 9.88 Å². The van der Waals surface area contributed by atoms with Gasteiger partial charge in [-0.05, 0) is 29.2 Å². The predicted molar refractivity (Wildman–Crippen MR) is 133 cm³/mol. The molecule has 34 heavy (non-hydrogen) atoms. The maximum atomic E-state index is 13.3. The maximum Gasteiger partial charge on any atom is 0.279 e. The van der Waals surface area contributed by atoms with E-state index in [2.05, 4.69) is 41.3 Å². The van der Waals surface area contributed by atoms with Gasteiger partial charge in [-0.3, -0.25) is 14.5 Å². The van der Waals surface area contributed by atoms with Crippen LogP contribution in [0.25, 0.3) is 5.65 Å². The highest BCUT2D eigenvalue weighted by Crippen LogP contribution is 2.22. The summed E-state index contributed by atoms with van der Waals surface area (Å²) in [6.07, 6.45) is 2.23. The maximum absolute atomic E-state index is 13.3. The molecule has 0 saturated heterocycles. The Hall–Kier alpha value is -3.71. The van der Waals surface area contributed by atoms with Gasteiger partial charge in [0.2, 0.25) is 0 Å². The van der Waals surface area contributed by atoms with Crippen LogP contribution in [0.2, 0.25) is 0 Å². The minimum Gasteiger partial charge on any atom is -0.332 e. The van der Waals surface area contributed by atoms with Crippen molar-refractivity contribution < 1.29 is 4.79 Å². The van der Waals surface area contributed by atoms with Crippen molar-refractivity contribution in [3.8, 4) is 0 Å². The lowest BCUT2D eigenvalue weighted by Crippen LogP contribution is -2.38. The van der Waals surface area contributed by atoms with Crippen LogP contribution in [0.4, 0.5) is 5.69 Å². The number of rotatable bonds is 5. The lowest BCUT2D eigenvalue weighted by atomic mass is 10.0.